The van der Waals surface area contributed by atoms with Crippen molar-refractivity contribution in [2.24, 2.45) is 0 Å². The van der Waals surface area contributed by atoms with Crippen LogP contribution in [0, 0.1) is 0 Å². The van der Waals surface area contributed by atoms with Gasteiger partial charge in [0.1, 0.15) is 11.4 Å². The molecule has 0 amide bonds. The molecule has 1 N–H and O–H groups in total. The highest BCUT2D eigenvalue weighted by molar-refractivity contribution is 9.10. The van der Waals surface area contributed by atoms with E-state index in [0.717, 1.165) is 4.47 Å². The average Bonchev–Trinajstić information content (AvgIpc) is 3.00. The van der Waals surface area contributed by atoms with E-state index in [0.29, 0.717) is 22.7 Å². The Bertz CT molecular complexity index is 859. The van der Waals surface area contributed by atoms with Crippen LogP contribution in [-0.2, 0) is 0 Å². The fourth-order valence-electron chi connectivity index (χ4n) is 2.22. The zero-order chi connectivity index (χ0) is 16.4. The minimum Gasteiger partial charge on any atom is -0.497 e. The predicted octanol–water partition coefficient (Wildman–Crippen LogP) is 3.40. The zero-order valence-corrected chi connectivity index (χ0v) is 13.7. The average molecular weight is 374 g/mol. The van der Waals surface area contributed by atoms with E-state index in [1.807, 2.05) is 24.3 Å². The van der Waals surface area contributed by atoms with Crippen molar-refractivity contribution in [1.82, 2.24) is 15.0 Å². The molecule has 0 radical (unpaired) electrons. The van der Waals surface area contributed by atoms with Crippen LogP contribution in [0.5, 0.6) is 5.75 Å². The maximum atomic E-state index is 11.5. The largest absolute Gasteiger partial charge is 0.497 e. The van der Waals surface area contributed by atoms with Gasteiger partial charge in [0.2, 0.25) is 0 Å². The number of aromatic nitrogens is 3. The van der Waals surface area contributed by atoms with Crippen LogP contribution in [0.2, 0.25) is 0 Å². The standard InChI is InChI=1S/C16H12BrN3O3/c1-23-13-7-5-10(6-8-13)15-14(16(21)22)18-19-20(15)12-4-2-3-11(17)9-12/h2-9H,1H3,(H,21,22). The first-order valence-electron chi connectivity index (χ1n) is 6.69. The van der Waals surface area contributed by atoms with Crippen molar-refractivity contribution < 1.29 is 14.6 Å². The Morgan fingerprint density at radius 3 is 2.57 bits per heavy atom. The molecule has 0 fully saturated rings. The number of rotatable bonds is 4. The molecule has 0 saturated carbocycles. The van der Waals surface area contributed by atoms with E-state index < -0.39 is 5.97 Å². The first-order chi connectivity index (χ1) is 11.1. The fourth-order valence-corrected chi connectivity index (χ4v) is 2.61. The van der Waals surface area contributed by atoms with Gasteiger partial charge in [-0.05, 0) is 42.5 Å². The Hall–Kier alpha value is -2.67. The van der Waals surface area contributed by atoms with Crippen LogP contribution in [0.4, 0.5) is 0 Å². The lowest BCUT2D eigenvalue weighted by Gasteiger charge is -2.08. The second kappa shape index (κ2) is 6.21. The van der Waals surface area contributed by atoms with Crippen LogP contribution in [-0.4, -0.2) is 33.2 Å². The van der Waals surface area contributed by atoms with Crippen LogP contribution < -0.4 is 4.74 Å². The number of methoxy groups -OCH3 is 1. The summed E-state index contributed by atoms with van der Waals surface area (Å²) in [6.07, 6.45) is 0. The maximum absolute atomic E-state index is 11.5. The SMILES string of the molecule is COc1ccc(-c2c(C(=O)O)nnn2-c2cccc(Br)c2)cc1. The summed E-state index contributed by atoms with van der Waals surface area (Å²) < 4.78 is 7.51. The quantitative estimate of drug-likeness (QED) is 0.758. The molecule has 0 aliphatic heterocycles. The van der Waals surface area contributed by atoms with E-state index in [9.17, 15) is 9.90 Å². The third kappa shape index (κ3) is 2.95. The van der Waals surface area contributed by atoms with Gasteiger partial charge in [0, 0.05) is 10.0 Å². The summed E-state index contributed by atoms with van der Waals surface area (Å²) in [7, 11) is 1.57. The molecule has 0 bridgehead atoms. The van der Waals surface area contributed by atoms with Gasteiger partial charge in [-0.25, -0.2) is 9.48 Å². The maximum Gasteiger partial charge on any atom is 0.358 e. The summed E-state index contributed by atoms with van der Waals surface area (Å²) in [5, 5.41) is 17.2. The van der Waals surface area contributed by atoms with Gasteiger partial charge >= 0.3 is 5.97 Å². The minimum absolute atomic E-state index is 0.102. The summed E-state index contributed by atoms with van der Waals surface area (Å²) in [6, 6.07) is 14.5. The fraction of sp³-hybridized carbons (Fsp3) is 0.0625. The molecule has 1 heterocycles. The molecule has 23 heavy (non-hydrogen) atoms. The number of nitrogens with zero attached hydrogens (tertiary/aromatic N) is 3. The van der Waals surface area contributed by atoms with Crippen molar-refractivity contribution in [1.29, 1.82) is 0 Å². The van der Waals surface area contributed by atoms with Gasteiger partial charge in [-0.1, -0.05) is 27.2 Å². The first-order valence-corrected chi connectivity index (χ1v) is 7.49. The van der Waals surface area contributed by atoms with Gasteiger partial charge in [-0.15, -0.1) is 5.10 Å². The van der Waals surface area contributed by atoms with E-state index in [1.54, 1.807) is 31.4 Å². The number of carboxylic acids is 1. The Morgan fingerprint density at radius 1 is 1.22 bits per heavy atom. The lowest BCUT2D eigenvalue weighted by atomic mass is 10.1. The molecule has 0 saturated heterocycles. The Kier molecular flexibility index (Phi) is 4.12. The molecule has 3 aromatic rings. The molecule has 0 unspecified atom stereocenters. The Labute approximate surface area is 140 Å². The molecule has 3 rings (SSSR count). The molecule has 0 aliphatic carbocycles. The van der Waals surface area contributed by atoms with Crippen LogP contribution in [0.3, 0.4) is 0 Å². The van der Waals surface area contributed by atoms with E-state index in [1.165, 1.54) is 4.68 Å². The second-order valence-electron chi connectivity index (χ2n) is 4.71. The highest BCUT2D eigenvalue weighted by atomic mass is 79.9. The van der Waals surface area contributed by atoms with Gasteiger partial charge in [0.05, 0.1) is 12.8 Å². The van der Waals surface area contributed by atoms with Gasteiger partial charge in [0.25, 0.3) is 0 Å². The van der Waals surface area contributed by atoms with Crippen molar-refractivity contribution in [3.05, 3.63) is 58.7 Å². The van der Waals surface area contributed by atoms with Crippen molar-refractivity contribution >= 4 is 21.9 Å². The minimum atomic E-state index is -1.13. The van der Waals surface area contributed by atoms with Gasteiger partial charge in [-0.2, -0.15) is 0 Å². The highest BCUT2D eigenvalue weighted by Gasteiger charge is 2.21. The lowest BCUT2D eigenvalue weighted by Crippen LogP contribution is -2.03. The Balaban J connectivity index is 2.20. The number of aromatic carboxylic acids is 1. The molecule has 1 aromatic heterocycles. The van der Waals surface area contributed by atoms with E-state index in [-0.39, 0.29) is 5.69 Å². The molecule has 0 spiro atoms. The van der Waals surface area contributed by atoms with Gasteiger partial charge < -0.3 is 9.84 Å². The lowest BCUT2D eigenvalue weighted by molar-refractivity contribution is 0.0691. The summed E-state index contributed by atoms with van der Waals surface area (Å²) in [6.45, 7) is 0. The van der Waals surface area contributed by atoms with Crippen molar-refractivity contribution in [2.45, 2.75) is 0 Å². The van der Waals surface area contributed by atoms with Gasteiger partial charge in [-0.3, -0.25) is 0 Å². The normalized spacial score (nSPS) is 10.5. The Morgan fingerprint density at radius 2 is 1.96 bits per heavy atom. The van der Waals surface area contributed by atoms with E-state index in [4.69, 9.17) is 4.74 Å². The molecular formula is C16H12BrN3O3. The molecule has 6 nitrogen and oxygen atoms in total. The molecule has 7 heteroatoms. The molecule has 2 aromatic carbocycles. The van der Waals surface area contributed by atoms with E-state index >= 15 is 0 Å². The van der Waals surface area contributed by atoms with Crippen molar-refractivity contribution in [2.75, 3.05) is 7.11 Å². The smallest absolute Gasteiger partial charge is 0.358 e. The van der Waals surface area contributed by atoms with Crippen LogP contribution in [0.1, 0.15) is 10.5 Å². The molecule has 0 atom stereocenters. The highest BCUT2D eigenvalue weighted by Crippen LogP contribution is 2.28. The number of hydrogen-bond donors (Lipinski definition) is 1. The topological polar surface area (TPSA) is 77.2 Å². The monoisotopic (exact) mass is 373 g/mol. The number of hydrogen-bond acceptors (Lipinski definition) is 4. The summed E-state index contributed by atoms with van der Waals surface area (Å²) >= 11 is 3.40. The third-order valence-corrected chi connectivity index (χ3v) is 3.78. The third-order valence-electron chi connectivity index (χ3n) is 3.29. The predicted molar refractivity (Wildman–Crippen MR) is 88.0 cm³/mol. The van der Waals surface area contributed by atoms with Crippen LogP contribution >= 0.6 is 15.9 Å². The van der Waals surface area contributed by atoms with E-state index in [2.05, 4.69) is 26.2 Å². The molecule has 116 valence electrons. The molecular weight excluding hydrogens is 362 g/mol. The number of benzene rings is 2. The number of halogens is 1. The number of ether oxygens (including phenoxy) is 1. The summed E-state index contributed by atoms with van der Waals surface area (Å²) in [4.78, 5) is 11.5. The molecule has 0 aliphatic rings. The number of carboxylic acid groups (broad SMARTS) is 1. The van der Waals surface area contributed by atoms with Crippen LogP contribution in [0.25, 0.3) is 16.9 Å². The first kappa shape index (κ1) is 15.2. The van der Waals surface area contributed by atoms with Crippen LogP contribution in [0.15, 0.2) is 53.0 Å². The van der Waals surface area contributed by atoms with Gasteiger partial charge in [0.15, 0.2) is 5.69 Å². The summed E-state index contributed by atoms with van der Waals surface area (Å²) in [5.41, 5.74) is 1.71. The summed E-state index contributed by atoms with van der Waals surface area (Å²) in [5.74, 6) is -0.441. The zero-order valence-electron chi connectivity index (χ0n) is 12.1. The van der Waals surface area contributed by atoms with Crippen molar-refractivity contribution in [3.63, 3.8) is 0 Å². The van der Waals surface area contributed by atoms with Crippen molar-refractivity contribution in [3.8, 4) is 22.7 Å². The second-order valence-corrected chi connectivity index (χ2v) is 5.63. The number of carbonyl (C=O) groups is 1.